The van der Waals surface area contributed by atoms with Crippen LogP contribution >= 0.6 is 0 Å². The Kier molecular flexibility index (Phi) is 5.26. The second-order valence-corrected chi connectivity index (χ2v) is 1.90. The second-order valence-electron chi connectivity index (χ2n) is 1.90. The first-order chi connectivity index (χ1) is 5.38. The van der Waals surface area contributed by atoms with Crippen molar-refractivity contribution in [2.75, 3.05) is 6.61 Å². The topological polar surface area (TPSA) is 9.23 Å². The summed E-state index contributed by atoms with van der Waals surface area (Å²) in [7, 11) is 0. The van der Waals surface area contributed by atoms with Gasteiger partial charge in [-0.15, -0.1) is 0 Å². The Morgan fingerprint density at radius 1 is 1.27 bits per heavy atom. The van der Waals surface area contributed by atoms with E-state index in [0.29, 0.717) is 0 Å². The van der Waals surface area contributed by atoms with Gasteiger partial charge in [0.2, 0.25) is 0 Å². The van der Waals surface area contributed by atoms with Crippen LogP contribution in [0.3, 0.4) is 0 Å². The molecule has 1 heteroatoms. The van der Waals surface area contributed by atoms with Gasteiger partial charge in [-0.3, -0.25) is 0 Å². The predicted octanol–water partition coefficient (Wildman–Crippen LogP) is 3.06. The van der Waals surface area contributed by atoms with Crippen molar-refractivity contribution in [2.45, 2.75) is 20.3 Å². The molecule has 0 fully saturated rings. The lowest BCUT2D eigenvalue weighted by Gasteiger charge is -1.93. The summed E-state index contributed by atoms with van der Waals surface area (Å²) < 4.78 is 5.20. The highest BCUT2D eigenvalue weighted by molar-refractivity contribution is 5.29. The molecule has 0 aliphatic carbocycles. The fourth-order valence-electron chi connectivity index (χ4n) is 0.880. The Morgan fingerprint density at radius 2 is 1.91 bits per heavy atom. The standard InChI is InChI=1S/C8H10O.C2H6/c1-3-7-5-6-9-8(7)4-2;1-2/h3-4H,1-2,5-6H2;1-2H3. The molecule has 1 rings (SSSR count). The van der Waals surface area contributed by atoms with E-state index in [1.807, 2.05) is 19.9 Å². The maximum atomic E-state index is 5.20. The van der Waals surface area contributed by atoms with Crippen molar-refractivity contribution in [1.29, 1.82) is 0 Å². The Hall–Kier alpha value is -0.980. The molecule has 0 aromatic heterocycles. The number of hydrogen-bond donors (Lipinski definition) is 0. The van der Waals surface area contributed by atoms with E-state index in [1.54, 1.807) is 6.08 Å². The highest BCUT2D eigenvalue weighted by Gasteiger charge is 2.08. The monoisotopic (exact) mass is 152 g/mol. The lowest BCUT2D eigenvalue weighted by molar-refractivity contribution is 0.257. The fourth-order valence-corrected chi connectivity index (χ4v) is 0.880. The number of hydrogen-bond acceptors (Lipinski definition) is 1. The van der Waals surface area contributed by atoms with E-state index in [4.69, 9.17) is 4.74 Å². The average molecular weight is 152 g/mol. The van der Waals surface area contributed by atoms with Crippen LogP contribution in [0.25, 0.3) is 0 Å². The minimum atomic E-state index is 0.780. The summed E-state index contributed by atoms with van der Waals surface area (Å²) in [6, 6.07) is 0. The zero-order valence-electron chi connectivity index (χ0n) is 7.39. The minimum Gasteiger partial charge on any atom is -0.493 e. The van der Waals surface area contributed by atoms with Gasteiger partial charge in [0.15, 0.2) is 0 Å². The van der Waals surface area contributed by atoms with E-state index in [1.165, 1.54) is 5.57 Å². The van der Waals surface area contributed by atoms with Crippen molar-refractivity contribution in [2.24, 2.45) is 0 Å². The maximum Gasteiger partial charge on any atom is 0.122 e. The summed E-state index contributed by atoms with van der Waals surface area (Å²) in [6.07, 6.45) is 4.53. The number of ether oxygens (including phenoxy) is 1. The SMILES string of the molecule is C=CC1=C(C=C)OCC1.CC. The Labute approximate surface area is 69.1 Å². The van der Waals surface area contributed by atoms with Gasteiger partial charge < -0.3 is 4.74 Å². The summed E-state index contributed by atoms with van der Waals surface area (Å²) in [5.74, 6) is 0.894. The summed E-state index contributed by atoms with van der Waals surface area (Å²) in [6.45, 7) is 12.0. The zero-order valence-corrected chi connectivity index (χ0v) is 7.39. The normalized spacial score (nSPS) is 14.7. The van der Waals surface area contributed by atoms with Gasteiger partial charge in [-0.2, -0.15) is 0 Å². The maximum absolute atomic E-state index is 5.20. The highest BCUT2D eigenvalue weighted by Crippen LogP contribution is 2.19. The first-order valence-corrected chi connectivity index (χ1v) is 3.99. The smallest absolute Gasteiger partial charge is 0.122 e. The molecule has 1 aliphatic heterocycles. The van der Waals surface area contributed by atoms with Gasteiger partial charge in [0.25, 0.3) is 0 Å². The van der Waals surface area contributed by atoms with Gasteiger partial charge in [-0.25, -0.2) is 0 Å². The summed E-state index contributed by atoms with van der Waals surface area (Å²) in [5.41, 5.74) is 1.17. The van der Waals surface area contributed by atoms with Crippen molar-refractivity contribution >= 4 is 0 Å². The Morgan fingerprint density at radius 3 is 2.27 bits per heavy atom. The lowest BCUT2D eigenvalue weighted by Crippen LogP contribution is -1.78. The molecule has 62 valence electrons. The lowest BCUT2D eigenvalue weighted by atomic mass is 10.2. The third kappa shape index (κ3) is 2.62. The molecule has 0 aromatic rings. The molecule has 0 saturated carbocycles. The van der Waals surface area contributed by atoms with Crippen LogP contribution in [0.4, 0.5) is 0 Å². The summed E-state index contributed by atoms with van der Waals surface area (Å²) >= 11 is 0. The van der Waals surface area contributed by atoms with Crippen LogP contribution in [0.2, 0.25) is 0 Å². The van der Waals surface area contributed by atoms with Gasteiger partial charge in [-0.05, 0) is 11.6 Å². The Bertz CT molecular complexity index is 148. The summed E-state index contributed by atoms with van der Waals surface area (Å²) in [5, 5.41) is 0. The van der Waals surface area contributed by atoms with Crippen LogP contribution in [0.15, 0.2) is 36.6 Å². The van der Waals surface area contributed by atoms with Gasteiger partial charge in [0, 0.05) is 6.42 Å². The molecule has 0 spiro atoms. The average Bonchev–Trinajstić information content (AvgIpc) is 2.54. The molecule has 0 bridgehead atoms. The molecule has 0 atom stereocenters. The van der Waals surface area contributed by atoms with Crippen LogP contribution in [-0.4, -0.2) is 6.61 Å². The first kappa shape index (κ1) is 10.0. The van der Waals surface area contributed by atoms with Gasteiger partial charge in [0.05, 0.1) is 6.61 Å². The molecule has 1 heterocycles. The van der Waals surface area contributed by atoms with Gasteiger partial charge in [0.1, 0.15) is 5.76 Å². The van der Waals surface area contributed by atoms with E-state index >= 15 is 0 Å². The molecule has 0 N–H and O–H groups in total. The van der Waals surface area contributed by atoms with Crippen molar-refractivity contribution in [3.05, 3.63) is 36.6 Å². The largest absolute Gasteiger partial charge is 0.493 e. The van der Waals surface area contributed by atoms with E-state index in [2.05, 4.69) is 13.2 Å². The van der Waals surface area contributed by atoms with Gasteiger partial charge >= 0.3 is 0 Å². The molecular formula is C10H16O. The van der Waals surface area contributed by atoms with Gasteiger partial charge in [-0.1, -0.05) is 33.1 Å². The van der Waals surface area contributed by atoms with Crippen LogP contribution in [0.5, 0.6) is 0 Å². The summed E-state index contributed by atoms with van der Waals surface area (Å²) in [4.78, 5) is 0. The number of rotatable bonds is 2. The van der Waals surface area contributed by atoms with Crippen molar-refractivity contribution in [3.8, 4) is 0 Å². The van der Waals surface area contributed by atoms with Crippen molar-refractivity contribution in [3.63, 3.8) is 0 Å². The van der Waals surface area contributed by atoms with Crippen LogP contribution in [0.1, 0.15) is 20.3 Å². The Balaban J connectivity index is 0.000000461. The predicted molar refractivity (Wildman–Crippen MR) is 49.3 cm³/mol. The molecule has 0 saturated heterocycles. The van der Waals surface area contributed by atoms with Crippen LogP contribution in [-0.2, 0) is 4.74 Å². The molecule has 0 amide bonds. The highest BCUT2D eigenvalue weighted by atomic mass is 16.5. The van der Waals surface area contributed by atoms with Crippen LogP contribution in [0, 0.1) is 0 Å². The fraction of sp³-hybridized carbons (Fsp3) is 0.400. The molecule has 11 heavy (non-hydrogen) atoms. The third-order valence-electron chi connectivity index (χ3n) is 1.38. The molecule has 0 aromatic carbocycles. The van der Waals surface area contributed by atoms with Crippen molar-refractivity contribution in [1.82, 2.24) is 0 Å². The molecule has 0 radical (unpaired) electrons. The van der Waals surface area contributed by atoms with Crippen molar-refractivity contribution < 1.29 is 4.74 Å². The molecule has 1 nitrogen and oxygen atoms in total. The molecule has 1 aliphatic rings. The van der Waals surface area contributed by atoms with E-state index in [0.717, 1.165) is 18.8 Å². The third-order valence-corrected chi connectivity index (χ3v) is 1.38. The second kappa shape index (κ2) is 5.78. The molecular weight excluding hydrogens is 136 g/mol. The molecule has 0 unspecified atom stereocenters. The first-order valence-electron chi connectivity index (χ1n) is 3.99. The number of allylic oxidation sites excluding steroid dienone is 2. The quantitative estimate of drug-likeness (QED) is 0.591. The van der Waals surface area contributed by atoms with Crippen LogP contribution < -0.4 is 0 Å². The van der Waals surface area contributed by atoms with E-state index in [9.17, 15) is 0 Å². The minimum absolute atomic E-state index is 0.780. The van der Waals surface area contributed by atoms with E-state index in [-0.39, 0.29) is 0 Å². The zero-order chi connectivity index (χ0) is 8.69. The van der Waals surface area contributed by atoms with E-state index < -0.39 is 0 Å².